The Bertz CT molecular complexity index is 690. The summed E-state index contributed by atoms with van der Waals surface area (Å²) in [7, 11) is 0. The number of aromatic carboxylic acids is 1. The normalized spacial score (nSPS) is 10.5. The van der Waals surface area contributed by atoms with Crippen LogP contribution in [0.3, 0.4) is 0 Å². The van der Waals surface area contributed by atoms with Gasteiger partial charge in [-0.1, -0.05) is 30.3 Å². The first kappa shape index (κ1) is 14.5. The van der Waals surface area contributed by atoms with Crippen LogP contribution in [0.5, 0.6) is 0 Å². The van der Waals surface area contributed by atoms with Gasteiger partial charge in [0.25, 0.3) is 0 Å². The standard InChI is InChI=1S/C17H15NO3/c1-12-11-14(17(20)21)8-9-15(12)18-16(19)10-7-13-5-3-2-4-6-13/h2-11H,1H3,(H,18,19)(H,20,21)/b10-7+. The number of nitrogens with one attached hydrogen (secondary N) is 1. The van der Waals surface area contributed by atoms with Crippen LogP contribution in [0.1, 0.15) is 21.5 Å². The number of carbonyl (C=O) groups is 2. The van der Waals surface area contributed by atoms with Crippen molar-refractivity contribution in [1.82, 2.24) is 0 Å². The average Bonchev–Trinajstić information content (AvgIpc) is 2.48. The van der Waals surface area contributed by atoms with E-state index in [1.165, 1.54) is 18.2 Å². The van der Waals surface area contributed by atoms with Crippen LogP contribution < -0.4 is 5.32 Å². The Hall–Kier alpha value is -2.88. The lowest BCUT2D eigenvalue weighted by molar-refractivity contribution is -0.111. The number of hydrogen-bond donors (Lipinski definition) is 2. The minimum atomic E-state index is -0.986. The van der Waals surface area contributed by atoms with Crippen LogP contribution >= 0.6 is 0 Å². The molecule has 0 heterocycles. The van der Waals surface area contributed by atoms with Gasteiger partial charge in [-0.3, -0.25) is 4.79 Å². The summed E-state index contributed by atoms with van der Waals surface area (Å²) in [5, 5.41) is 11.6. The van der Waals surface area contributed by atoms with Gasteiger partial charge in [-0.2, -0.15) is 0 Å². The molecule has 0 bridgehead atoms. The molecular weight excluding hydrogens is 266 g/mol. The molecule has 0 saturated carbocycles. The Balaban J connectivity index is 2.06. The number of amides is 1. The Morgan fingerprint density at radius 1 is 1.10 bits per heavy atom. The molecule has 4 nitrogen and oxygen atoms in total. The van der Waals surface area contributed by atoms with Crippen molar-refractivity contribution in [3.05, 3.63) is 71.3 Å². The Kier molecular flexibility index (Phi) is 4.51. The van der Waals surface area contributed by atoms with E-state index in [4.69, 9.17) is 5.11 Å². The van der Waals surface area contributed by atoms with Gasteiger partial charge in [-0.05, 0) is 42.3 Å². The zero-order valence-electron chi connectivity index (χ0n) is 11.5. The summed E-state index contributed by atoms with van der Waals surface area (Å²) in [5.41, 5.74) is 2.44. The summed E-state index contributed by atoms with van der Waals surface area (Å²) in [6.45, 7) is 1.75. The summed E-state index contributed by atoms with van der Waals surface area (Å²) in [5.74, 6) is -1.25. The Morgan fingerprint density at radius 3 is 2.43 bits per heavy atom. The van der Waals surface area contributed by atoms with Crippen LogP contribution in [-0.2, 0) is 4.79 Å². The highest BCUT2D eigenvalue weighted by atomic mass is 16.4. The molecule has 21 heavy (non-hydrogen) atoms. The number of anilines is 1. The van der Waals surface area contributed by atoms with Crippen LogP contribution in [0.4, 0.5) is 5.69 Å². The molecule has 0 aromatic heterocycles. The number of carbonyl (C=O) groups excluding carboxylic acids is 1. The first-order chi connectivity index (χ1) is 10.1. The van der Waals surface area contributed by atoms with E-state index in [1.807, 2.05) is 30.3 Å². The van der Waals surface area contributed by atoms with Gasteiger partial charge in [0.05, 0.1) is 5.56 Å². The summed E-state index contributed by atoms with van der Waals surface area (Å²) < 4.78 is 0. The maximum atomic E-state index is 11.8. The third-order valence-electron chi connectivity index (χ3n) is 2.96. The second-order valence-electron chi connectivity index (χ2n) is 4.57. The van der Waals surface area contributed by atoms with Gasteiger partial charge >= 0.3 is 5.97 Å². The van der Waals surface area contributed by atoms with Crippen molar-refractivity contribution in [1.29, 1.82) is 0 Å². The zero-order valence-corrected chi connectivity index (χ0v) is 11.5. The molecule has 0 aliphatic rings. The molecule has 0 radical (unpaired) electrons. The fraction of sp³-hybridized carbons (Fsp3) is 0.0588. The maximum absolute atomic E-state index is 11.8. The number of hydrogen-bond acceptors (Lipinski definition) is 2. The quantitative estimate of drug-likeness (QED) is 0.845. The molecule has 0 saturated heterocycles. The Labute approximate surface area is 122 Å². The van der Waals surface area contributed by atoms with Crippen LogP contribution in [0.2, 0.25) is 0 Å². The highest BCUT2D eigenvalue weighted by Crippen LogP contribution is 2.16. The number of carboxylic acid groups (broad SMARTS) is 1. The van der Waals surface area contributed by atoms with Crippen LogP contribution in [0, 0.1) is 6.92 Å². The number of aryl methyl sites for hydroxylation is 1. The van der Waals surface area contributed by atoms with Gasteiger partial charge in [-0.15, -0.1) is 0 Å². The molecule has 2 N–H and O–H groups in total. The van der Waals surface area contributed by atoms with Crippen molar-refractivity contribution >= 4 is 23.6 Å². The molecule has 2 aromatic carbocycles. The largest absolute Gasteiger partial charge is 0.478 e. The SMILES string of the molecule is Cc1cc(C(=O)O)ccc1NC(=O)/C=C/c1ccccc1. The van der Waals surface area contributed by atoms with Crippen molar-refractivity contribution < 1.29 is 14.7 Å². The predicted molar refractivity (Wildman–Crippen MR) is 82.2 cm³/mol. The molecular formula is C17H15NO3. The topological polar surface area (TPSA) is 66.4 Å². The predicted octanol–water partition coefficient (Wildman–Crippen LogP) is 3.35. The van der Waals surface area contributed by atoms with Gasteiger partial charge in [0.2, 0.25) is 5.91 Å². The summed E-state index contributed by atoms with van der Waals surface area (Å²) in [6.07, 6.45) is 3.16. The molecule has 106 valence electrons. The lowest BCUT2D eigenvalue weighted by Crippen LogP contribution is -2.09. The van der Waals surface area contributed by atoms with E-state index in [1.54, 1.807) is 19.1 Å². The van der Waals surface area contributed by atoms with Gasteiger partial charge in [-0.25, -0.2) is 4.79 Å². The van der Waals surface area contributed by atoms with Crippen molar-refractivity contribution in [2.45, 2.75) is 6.92 Å². The molecule has 0 aliphatic carbocycles. The highest BCUT2D eigenvalue weighted by Gasteiger charge is 2.06. The second kappa shape index (κ2) is 6.52. The molecule has 0 unspecified atom stereocenters. The fourth-order valence-electron chi connectivity index (χ4n) is 1.85. The van der Waals surface area contributed by atoms with E-state index in [9.17, 15) is 9.59 Å². The first-order valence-corrected chi connectivity index (χ1v) is 6.44. The number of carboxylic acids is 1. The molecule has 4 heteroatoms. The van der Waals surface area contributed by atoms with Crippen molar-refractivity contribution in [2.24, 2.45) is 0 Å². The molecule has 2 rings (SSSR count). The molecule has 0 fully saturated rings. The minimum Gasteiger partial charge on any atom is -0.478 e. The van der Waals surface area contributed by atoms with E-state index in [0.29, 0.717) is 11.3 Å². The lowest BCUT2D eigenvalue weighted by Gasteiger charge is -2.07. The summed E-state index contributed by atoms with van der Waals surface area (Å²) in [4.78, 5) is 22.7. The van der Waals surface area contributed by atoms with E-state index in [0.717, 1.165) is 5.56 Å². The van der Waals surface area contributed by atoms with Gasteiger partial charge < -0.3 is 10.4 Å². The summed E-state index contributed by atoms with van der Waals surface area (Å²) in [6, 6.07) is 14.1. The lowest BCUT2D eigenvalue weighted by atomic mass is 10.1. The number of rotatable bonds is 4. The zero-order chi connectivity index (χ0) is 15.2. The molecule has 1 amide bonds. The second-order valence-corrected chi connectivity index (χ2v) is 4.57. The van der Waals surface area contributed by atoms with E-state index < -0.39 is 5.97 Å². The van der Waals surface area contributed by atoms with E-state index in [-0.39, 0.29) is 11.5 Å². The van der Waals surface area contributed by atoms with Gasteiger partial charge in [0.15, 0.2) is 0 Å². The monoisotopic (exact) mass is 281 g/mol. The van der Waals surface area contributed by atoms with Crippen LogP contribution in [0.15, 0.2) is 54.6 Å². The molecule has 2 aromatic rings. The third-order valence-corrected chi connectivity index (χ3v) is 2.96. The average molecular weight is 281 g/mol. The Morgan fingerprint density at radius 2 is 1.81 bits per heavy atom. The third kappa shape index (κ3) is 4.04. The highest BCUT2D eigenvalue weighted by molar-refractivity contribution is 6.02. The summed E-state index contributed by atoms with van der Waals surface area (Å²) >= 11 is 0. The number of benzene rings is 2. The van der Waals surface area contributed by atoms with Gasteiger partial charge in [0, 0.05) is 11.8 Å². The van der Waals surface area contributed by atoms with Gasteiger partial charge in [0.1, 0.15) is 0 Å². The fourth-order valence-corrected chi connectivity index (χ4v) is 1.85. The van der Waals surface area contributed by atoms with E-state index >= 15 is 0 Å². The first-order valence-electron chi connectivity index (χ1n) is 6.44. The molecule has 0 aliphatic heterocycles. The smallest absolute Gasteiger partial charge is 0.335 e. The maximum Gasteiger partial charge on any atom is 0.335 e. The molecule has 0 atom stereocenters. The minimum absolute atomic E-state index is 0.199. The van der Waals surface area contributed by atoms with Crippen LogP contribution in [0.25, 0.3) is 6.08 Å². The van der Waals surface area contributed by atoms with Crippen molar-refractivity contribution in [2.75, 3.05) is 5.32 Å². The van der Waals surface area contributed by atoms with E-state index in [2.05, 4.69) is 5.32 Å². The van der Waals surface area contributed by atoms with Crippen molar-refractivity contribution in [3.63, 3.8) is 0 Å². The van der Waals surface area contributed by atoms with Crippen molar-refractivity contribution in [3.8, 4) is 0 Å². The molecule has 0 spiro atoms. The van der Waals surface area contributed by atoms with Crippen LogP contribution in [-0.4, -0.2) is 17.0 Å².